The number of nitrogens with one attached hydrogen (secondary N) is 2. The van der Waals surface area contributed by atoms with E-state index >= 15 is 0 Å². The summed E-state index contributed by atoms with van der Waals surface area (Å²) in [5, 5.41) is 6.40. The first-order chi connectivity index (χ1) is 11.1. The number of hydrogen-bond acceptors (Lipinski definition) is 2. The Morgan fingerprint density at radius 3 is 2.57 bits per heavy atom. The lowest BCUT2D eigenvalue weighted by Gasteiger charge is -2.16. The van der Waals surface area contributed by atoms with E-state index in [4.69, 9.17) is 0 Å². The van der Waals surface area contributed by atoms with E-state index in [1.54, 1.807) is 0 Å². The summed E-state index contributed by atoms with van der Waals surface area (Å²) in [6.07, 6.45) is 1.83. The van der Waals surface area contributed by atoms with Gasteiger partial charge in [0.15, 0.2) is 0 Å². The summed E-state index contributed by atoms with van der Waals surface area (Å²) in [6.45, 7) is 3.84. The van der Waals surface area contributed by atoms with Crippen LogP contribution in [0.15, 0.2) is 53.0 Å². The molecular formula is C19H21BrN2O. The number of rotatable bonds is 6. The molecule has 0 spiro atoms. The molecule has 3 nitrogen and oxygen atoms in total. The first kappa shape index (κ1) is 16.2. The topological polar surface area (TPSA) is 41.1 Å². The van der Waals surface area contributed by atoms with E-state index in [-0.39, 0.29) is 11.3 Å². The van der Waals surface area contributed by atoms with Crippen LogP contribution in [-0.4, -0.2) is 12.5 Å². The van der Waals surface area contributed by atoms with Crippen molar-refractivity contribution in [1.82, 2.24) is 5.32 Å². The van der Waals surface area contributed by atoms with E-state index in [1.807, 2.05) is 42.5 Å². The van der Waals surface area contributed by atoms with Crippen molar-refractivity contribution in [2.24, 2.45) is 0 Å². The maximum absolute atomic E-state index is 12.8. The van der Waals surface area contributed by atoms with Gasteiger partial charge >= 0.3 is 0 Å². The van der Waals surface area contributed by atoms with E-state index in [0.29, 0.717) is 0 Å². The molecule has 3 rings (SSSR count). The van der Waals surface area contributed by atoms with Crippen molar-refractivity contribution in [2.75, 3.05) is 11.9 Å². The summed E-state index contributed by atoms with van der Waals surface area (Å²) < 4.78 is 1.04. The first-order valence-electron chi connectivity index (χ1n) is 8.01. The van der Waals surface area contributed by atoms with Crippen LogP contribution in [0.3, 0.4) is 0 Å². The van der Waals surface area contributed by atoms with Gasteiger partial charge in [0.2, 0.25) is 5.91 Å². The van der Waals surface area contributed by atoms with E-state index in [0.717, 1.165) is 41.7 Å². The van der Waals surface area contributed by atoms with Crippen molar-refractivity contribution < 1.29 is 4.79 Å². The molecule has 1 fully saturated rings. The van der Waals surface area contributed by atoms with Crippen molar-refractivity contribution >= 4 is 27.5 Å². The fourth-order valence-electron chi connectivity index (χ4n) is 2.82. The Hall–Kier alpha value is -1.65. The standard InChI is InChI=1S/C19H21BrN2O/c1-2-21-13-14-4-3-5-17(12-14)22-18(23)19(10-11-19)15-6-8-16(20)9-7-15/h3-9,12,21H,2,10-11,13H2,1H3,(H,22,23). The van der Waals surface area contributed by atoms with Crippen LogP contribution in [0.4, 0.5) is 5.69 Å². The van der Waals surface area contributed by atoms with Gasteiger partial charge in [0, 0.05) is 16.7 Å². The number of anilines is 1. The van der Waals surface area contributed by atoms with E-state index in [1.165, 1.54) is 5.56 Å². The normalized spacial score (nSPS) is 15.2. The largest absolute Gasteiger partial charge is 0.325 e. The van der Waals surface area contributed by atoms with Crippen molar-refractivity contribution in [3.8, 4) is 0 Å². The third-order valence-electron chi connectivity index (χ3n) is 4.35. The molecule has 23 heavy (non-hydrogen) atoms. The van der Waals surface area contributed by atoms with Crippen molar-refractivity contribution in [1.29, 1.82) is 0 Å². The van der Waals surface area contributed by atoms with Gasteiger partial charge in [-0.05, 0) is 54.8 Å². The third kappa shape index (κ3) is 3.65. The second-order valence-corrected chi connectivity index (χ2v) is 6.94. The molecule has 1 amide bonds. The monoisotopic (exact) mass is 372 g/mol. The van der Waals surface area contributed by atoms with Crippen molar-refractivity contribution in [3.63, 3.8) is 0 Å². The minimum absolute atomic E-state index is 0.0976. The molecule has 2 aromatic carbocycles. The molecular weight excluding hydrogens is 352 g/mol. The molecule has 0 unspecified atom stereocenters. The zero-order valence-corrected chi connectivity index (χ0v) is 14.8. The molecule has 0 saturated heterocycles. The lowest BCUT2D eigenvalue weighted by molar-refractivity contribution is -0.118. The maximum Gasteiger partial charge on any atom is 0.235 e. The SMILES string of the molecule is CCNCc1cccc(NC(=O)C2(c3ccc(Br)cc3)CC2)c1. The summed E-state index contributed by atoms with van der Waals surface area (Å²) in [5.74, 6) is 0.0976. The fourth-order valence-corrected chi connectivity index (χ4v) is 3.08. The Bertz CT molecular complexity index is 693. The van der Waals surface area contributed by atoms with Gasteiger partial charge < -0.3 is 10.6 Å². The average molecular weight is 373 g/mol. The second-order valence-electron chi connectivity index (χ2n) is 6.02. The highest BCUT2D eigenvalue weighted by atomic mass is 79.9. The van der Waals surface area contributed by atoms with Crippen molar-refractivity contribution in [3.05, 3.63) is 64.1 Å². The van der Waals surface area contributed by atoms with Gasteiger partial charge in [-0.3, -0.25) is 4.79 Å². The van der Waals surface area contributed by atoms with E-state index in [2.05, 4.69) is 39.6 Å². The number of carbonyl (C=O) groups excluding carboxylic acids is 1. The van der Waals surface area contributed by atoms with Crippen LogP contribution in [0.25, 0.3) is 0 Å². The number of halogens is 1. The predicted octanol–water partition coefficient (Wildman–Crippen LogP) is 4.23. The summed E-state index contributed by atoms with van der Waals surface area (Å²) in [6, 6.07) is 16.1. The van der Waals surface area contributed by atoms with Crippen LogP contribution in [0.1, 0.15) is 30.9 Å². The predicted molar refractivity (Wildman–Crippen MR) is 97.5 cm³/mol. The van der Waals surface area contributed by atoms with Gasteiger partial charge in [0.25, 0.3) is 0 Å². The number of hydrogen-bond donors (Lipinski definition) is 2. The summed E-state index contributed by atoms with van der Waals surface area (Å²) in [4.78, 5) is 12.8. The third-order valence-corrected chi connectivity index (χ3v) is 4.87. The van der Waals surface area contributed by atoms with Crippen LogP contribution in [-0.2, 0) is 16.8 Å². The molecule has 120 valence electrons. The van der Waals surface area contributed by atoms with E-state index in [9.17, 15) is 4.79 Å². The Labute approximate surface area is 145 Å². The molecule has 1 saturated carbocycles. The Morgan fingerprint density at radius 2 is 1.91 bits per heavy atom. The molecule has 0 bridgehead atoms. The Balaban J connectivity index is 1.73. The molecule has 2 N–H and O–H groups in total. The van der Waals surface area contributed by atoms with Crippen LogP contribution in [0.5, 0.6) is 0 Å². The zero-order valence-electron chi connectivity index (χ0n) is 13.2. The summed E-state index contributed by atoms with van der Waals surface area (Å²) in [5.41, 5.74) is 2.80. The number of carbonyl (C=O) groups is 1. The molecule has 4 heteroatoms. The molecule has 0 heterocycles. The molecule has 0 aliphatic heterocycles. The average Bonchev–Trinajstić information content (AvgIpc) is 3.36. The first-order valence-corrected chi connectivity index (χ1v) is 8.80. The lowest BCUT2D eigenvalue weighted by Crippen LogP contribution is -2.27. The highest BCUT2D eigenvalue weighted by Crippen LogP contribution is 2.49. The Kier molecular flexibility index (Phi) is 4.83. The minimum Gasteiger partial charge on any atom is -0.325 e. The quantitative estimate of drug-likeness (QED) is 0.796. The van der Waals surface area contributed by atoms with E-state index < -0.39 is 0 Å². The molecule has 0 aromatic heterocycles. The molecule has 1 aliphatic rings. The van der Waals surface area contributed by atoms with Crippen LogP contribution in [0, 0.1) is 0 Å². The van der Waals surface area contributed by atoms with Gasteiger partial charge in [0.05, 0.1) is 5.41 Å². The molecule has 2 aromatic rings. The van der Waals surface area contributed by atoms with Gasteiger partial charge in [-0.25, -0.2) is 0 Å². The summed E-state index contributed by atoms with van der Waals surface area (Å²) >= 11 is 3.45. The van der Waals surface area contributed by atoms with Gasteiger partial charge in [0.1, 0.15) is 0 Å². The Morgan fingerprint density at radius 1 is 1.17 bits per heavy atom. The van der Waals surface area contributed by atoms with Crippen molar-refractivity contribution in [2.45, 2.75) is 31.7 Å². The highest BCUT2D eigenvalue weighted by molar-refractivity contribution is 9.10. The fraction of sp³-hybridized carbons (Fsp3) is 0.316. The lowest BCUT2D eigenvalue weighted by atomic mass is 9.95. The van der Waals surface area contributed by atoms with Crippen LogP contribution in [0.2, 0.25) is 0 Å². The smallest absolute Gasteiger partial charge is 0.235 e. The number of amides is 1. The maximum atomic E-state index is 12.8. The van der Waals surface area contributed by atoms with Gasteiger partial charge in [-0.2, -0.15) is 0 Å². The molecule has 0 radical (unpaired) electrons. The molecule has 1 aliphatic carbocycles. The number of benzene rings is 2. The highest BCUT2D eigenvalue weighted by Gasteiger charge is 2.51. The summed E-state index contributed by atoms with van der Waals surface area (Å²) in [7, 11) is 0. The van der Waals surface area contributed by atoms with Gasteiger partial charge in [-0.1, -0.05) is 47.1 Å². The minimum atomic E-state index is -0.349. The zero-order chi connectivity index (χ0) is 16.3. The van der Waals surface area contributed by atoms with Crippen LogP contribution >= 0.6 is 15.9 Å². The van der Waals surface area contributed by atoms with Gasteiger partial charge in [-0.15, -0.1) is 0 Å². The van der Waals surface area contributed by atoms with Crippen LogP contribution < -0.4 is 10.6 Å². The molecule has 0 atom stereocenters. The second kappa shape index (κ2) is 6.85.